The number of hydrogen-bond donors (Lipinski definition) is 0. The minimum absolute atomic E-state index is 0.742. The first-order chi connectivity index (χ1) is 11.2. The molecule has 3 rings (SSSR count). The van der Waals surface area contributed by atoms with Gasteiger partial charge >= 0.3 is 0 Å². The van der Waals surface area contributed by atoms with E-state index in [-0.39, 0.29) is 0 Å². The summed E-state index contributed by atoms with van der Waals surface area (Å²) in [4.78, 5) is 7.32. The second-order valence-electron chi connectivity index (χ2n) is 6.14. The van der Waals surface area contributed by atoms with Gasteiger partial charge in [-0.3, -0.25) is 4.90 Å². The fourth-order valence-corrected chi connectivity index (χ4v) is 3.84. The summed E-state index contributed by atoms with van der Waals surface area (Å²) >= 11 is 1.67. The van der Waals surface area contributed by atoms with Crippen molar-refractivity contribution in [3.05, 3.63) is 29.3 Å². The van der Waals surface area contributed by atoms with Crippen molar-refractivity contribution in [1.29, 1.82) is 0 Å². The number of piperidine rings is 1. The Morgan fingerprint density at radius 1 is 1.22 bits per heavy atom. The number of aromatic nitrogens is 1. The van der Waals surface area contributed by atoms with Gasteiger partial charge in [0.15, 0.2) is 11.5 Å². The molecule has 0 spiro atoms. The van der Waals surface area contributed by atoms with Crippen LogP contribution in [0.15, 0.2) is 23.6 Å². The molecule has 1 saturated heterocycles. The van der Waals surface area contributed by atoms with Crippen molar-refractivity contribution in [1.82, 2.24) is 9.88 Å². The topological polar surface area (TPSA) is 34.6 Å². The Bertz CT molecular complexity index is 648. The quantitative estimate of drug-likeness (QED) is 0.827. The lowest BCUT2D eigenvalue weighted by molar-refractivity contribution is 0.184. The molecule has 0 aliphatic carbocycles. The minimum atomic E-state index is 0.742. The molecule has 1 aromatic heterocycles. The molecule has 2 aromatic rings. The van der Waals surface area contributed by atoms with Crippen LogP contribution in [0.1, 0.15) is 25.5 Å². The molecular formula is C18H24N2O2S. The summed E-state index contributed by atoms with van der Waals surface area (Å²) in [6.07, 6.45) is 2.58. The maximum Gasteiger partial charge on any atom is 0.170 e. The maximum absolute atomic E-state index is 5.52. The first-order valence-electron chi connectivity index (χ1n) is 8.09. The van der Waals surface area contributed by atoms with Gasteiger partial charge in [0, 0.05) is 11.9 Å². The second-order valence-corrected chi connectivity index (χ2v) is 7.00. The molecule has 0 radical (unpaired) electrons. The molecule has 0 atom stereocenters. The third-order valence-corrected chi connectivity index (χ3v) is 5.37. The van der Waals surface area contributed by atoms with E-state index >= 15 is 0 Å². The van der Waals surface area contributed by atoms with E-state index in [4.69, 9.17) is 14.5 Å². The number of likely N-dealkylation sites (tertiary alicyclic amines) is 1. The number of nitrogens with zero attached hydrogens (tertiary/aromatic N) is 2. The number of benzene rings is 1. The zero-order valence-corrected chi connectivity index (χ0v) is 14.9. The van der Waals surface area contributed by atoms with Gasteiger partial charge < -0.3 is 9.47 Å². The number of hydrogen-bond acceptors (Lipinski definition) is 5. The Morgan fingerprint density at radius 2 is 2.00 bits per heavy atom. The summed E-state index contributed by atoms with van der Waals surface area (Å²) < 4.78 is 10.9. The van der Waals surface area contributed by atoms with Crippen LogP contribution < -0.4 is 9.47 Å². The monoisotopic (exact) mass is 332 g/mol. The molecule has 0 unspecified atom stereocenters. The molecule has 1 aliphatic rings. The van der Waals surface area contributed by atoms with Crippen molar-refractivity contribution < 1.29 is 9.47 Å². The Hall–Kier alpha value is -1.59. The van der Waals surface area contributed by atoms with Crippen LogP contribution in [-0.2, 0) is 6.54 Å². The number of methoxy groups -OCH3 is 2. The maximum atomic E-state index is 5.52. The zero-order valence-electron chi connectivity index (χ0n) is 14.0. The summed E-state index contributed by atoms with van der Waals surface area (Å²) in [6, 6.07) is 5.92. The van der Waals surface area contributed by atoms with Crippen molar-refractivity contribution in [2.24, 2.45) is 5.92 Å². The van der Waals surface area contributed by atoms with Gasteiger partial charge in [-0.25, -0.2) is 4.98 Å². The first kappa shape index (κ1) is 16.3. The average Bonchev–Trinajstić information content (AvgIpc) is 3.04. The number of ether oxygens (including phenoxy) is 2. The van der Waals surface area contributed by atoms with E-state index in [1.165, 1.54) is 25.9 Å². The van der Waals surface area contributed by atoms with Gasteiger partial charge in [0.2, 0.25) is 0 Å². The molecule has 0 bridgehead atoms. The molecule has 1 aliphatic heterocycles. The van der Waals surface area contributed by atoms with Crippen LogP contribution >= 0.6 is 11.3 Å². The van der Waals surface area contributed by atoms with E-state index in [9.17, 15) is 0 Å². The predicted octanol–water partition coefficient (Wildman–Crippen LogP) is 4.06. The molecule has 0 saturated carbocycles. The van der Waals surface area contributed by atoms with Crippen LogP contribution in [-0.4, -0.2) is 37.2 Å². The summed E-state index contributed by atoms with van der Waals surface area (Å²) in [6.45, 7) is 5.63. The number of para-hydroxylation sites is 1. The van der Waals surface area contributed by atoms with E-state index < -0.39 is 0 Å². The largest absolute Gasteiger partial charge is 0.493 e. The molecule has 23 heavy (non-hydrogen) atoms. The molecule has 2 heterocycles. The van der Waals surface area contributed by atoms with Crippen LogP contribution in [0.25, 0.3) is 10.6 Å². The number of rotatable bonds is 5. The smallest absolute Gasteiger partial charge is 0.170 e. The summed E-state index contributed by atoms with van der Waals surface area (Å²) in [5.41, 5.74) is 2.14. The highest BCUT2D eigenvalue weighted by atomic mass is 32.1. The summed E-state index contributed by atoms with van der Waals surface area (Å²) in [5.74, 6) is 2.35. The van der Waals surface area contributed by atoms with E-state index in [1.807, 2.05) is 18.2 Å². The van der Waals surface area contributed by atoms with Crippen molar-refractivity contribution in [2.75, 3.05) is 27.3 Å². The molecule has 0 amide bonds. The fourth-order valence-electron chi connectivity index (χ4n) is 3.01. The van der Waals surface area contributed by atoms with E-state index in [2.05, 4.69) is 17.2 Å². The van der Waals surface area contributed by atoms with Gasteiger partial charge in [-0.15, -0.1) is 11.3 Å². The van der Waals surface area contributed by atoms with Crippen molar-refractivity contribution in [3.8, 4) is 22.1 Å². The lowest BCUT2D eigenvalue weighted by Crippen LogP contribution is -2.32. The van der Waals surface area contributed by atoms with E-state index in [0.29, 0.717) is 0 Å². The lowest BCUT2D eigenvalue weighted by Gasteiger charge is -2.29. The van der Waals surface area contributed by atoms with Crippen LogP contribution in [0.2, 0.25) is 0 Å². The van der Waals surface area contributed by atoms with E-state index in [1.54, 1.807) is 25.6 Å². The highest BCUT2D eigenvalue weighted by Gasteiger charge is 2.18. The molecular weight excluding hydrogens is 308 g/mol. The normalized spacial score (nSPS) is 16.5. The molecule has 4 nitrogen and oxygen atoms in total. The Balaban J connectivity index is 1.77. The van der Waals surface area contributed by atoms with Crippen molar-refractivity contribution in [3.63, 3.8) is 0 Å². The molecule has 1 aromatic carbocycles. The summed E-state index contributed by atoms with van der Waals surface area (Å²) in [5, 5.41) is 3.15. The van der Waals surface area contributed by atoms with Crippen LogP contribution in [0.4, 0.5) is 0 Å². The third-order valence-electron chi connectivity index (χ3n) is 4.45. The van der Waals surface area contributed by atoms with Gasteiger partial charge in [0.05, 0.1) is 25.5 Å². The minimum Gasteiger partial charge on any atom is -0.493 e. The van der Waals surface area contributed by atoms with Crippen LogP contribution in [0, 0.1) is 5.92 Å². The Kier molecular flexibility index (Phi) is 5.18. The SMILES string of the molecule is COc1cccc(-c2nc(CN3CCC(C)CC3)cs2)c1OC. The van der Waals surface area contributed by atoms with Crippen LogP contribution in [0.3, 0.4) is 0 Å². The zero-order chi connectivity index (χ0) is 16.2. The Morgan fingerprint density at radius 3 is 2.70 bits per heavy atom. The highest BCUT2D eigenvalue weighted by Crippen LogP contribution is 2.39. The van der Waals surface area contributed by atoms with Gasteiger partial charge in [0.1, 0.15) is 5.01 Å². The highest BCUT2D eigenvalue weighted by molar-refractivity contribution is 7.13. The van der Waals surface area contributed by atoms with Crippen molar-refractivity contribution in [2.45, 2.75) is 26.3 Å². The first-order valence-corrected chi connectivity index (χ1v) is 8.97. The van der Waals surface area contributed by atoms with Gasteiger partial charge in [-0.2, -0.15) is 0 Å². The Labute approximate surface area is 142 Å². The standard InChI is InChI=1S/C18H24N2O2S/c1-13-7-9-20(10-8-13)11-14-12-23-18(19-14)15-5-4-6-16(21-2)17(15)22-3/h4-6,12-13H,7-11H2,1-3H3. The van der Waals surface area contributed by atoms with E-state index in [0.717, 1.165) is 40.2 Å². The predicted molar refractivity (Wildman–Crippen MR) is 94.3 cm³/mol. The van der Waals surface area contributed by atoms with Gasteiger partial charge in [-0.05, 0) is 44.0 Å². The number of thiazole rings is 1. The van der Waals surface area contributed by atoms with Crippen molar-refractivity contribution >= 4 is 11.3 Å². The molecule has 124 valence electrons. The van der Waals surface area contributed by atoms with Crippen LogP contribution in [0.5, 0.6) is 11.5 Å². The molecule has 5 heteroatoms. The average molecular weight is 332 g/mol. The molecule has 1 fully saturated rings. The van der Waals surface area contributed by atoms with Gasteiger partial charge in [-0.1, -0.05) is 13.0 Å². The lowest BCUT2D eigenvalue weighted by atomic mass is 9.99. The third kappa shape index (κ3) is 3.67. The second kappa shape index (κ2) is 7.32. The fraction of sp³-hybridized carbons (Fsp3) is 0.500. The summed E-state index contributed by atoms with van der Waals surface area (Å²) in [7, 11) is 3.33. The molecule has 0 N–H and O–H groups in total. The van der Waals surface area contributed by atoms with Gasteiger partial charge in [0.25, 0.3) is 0 Å².